The number of carbonyl (C=O) groups excluding carboxylic acids is 1. The first kappa shape index (κ1) is 16.8. The summed E-state index contributed by atoms with van der Waals surface area (Å²) < 4.78 is 37.3. The fourth-order valence-electron chi connectivity index (χ4n) is 1.48. The number of nitrogens with zero attached hydrogens (tertiary/aromatic N) is 2. The van der Waals surface area contributed by atoms with Crippen LogP contribution in [-0.2, 0) is 17.5 Å². The van der Waals surface area contributed by atoms with Crippen molar-refractivity contribution in [2.75, 3.05) is 0 Å². The summed E-state index contributed by atoms with van der Waals surface area (Å²) in [6, 6.07) is 5.37. The summed E-state index contributed by atoms with van der Waals surface area (Å²) >= 11 is 2.15. The predicted molar refractivity (Wildman–Crippen MR) is 78.5 cm³/mol. The number of pyridine rings is 1. The first-order valence-corrected chi connectivity index (χ1v) is 7.99. The Balaban J connectivity index is 1.86. The summed E-state index contributed by atoms with van der Waals surface area (Å²) in [6.45, 7) is 1.68. The average molecular weight is 347 g/mol. The highest BCUT2D eigenvalue weighted by Gasteiger charge is 2.33. The van der Waals surface area contributed by atoms with Crippen LogP contribution in [0.25, 0.3) is 0 Å². The fourth-order valence-corrected chi connectivity index (χ4v) is 3.05. The third-order valence-corrected chi connectivity index (χ3v) is 4.46. The molecule has 4 nitrogen and oxygen atoms in total. The van der Waals surface area contributed by atoms with Crippen molar-refractivity contribution in [3.63, 3.8) is 0 Å². The second-order valence-corrected chi connectivity index (χ2v) is 6.57. The summed E-state index contributed by atoms with van der Waals surface area (Å²) in [5.41, 5.74) is -0.933. The molecule has 0 spiro atoms. The standard InChI is InChI=1S/C13H12F3N3OS2/c1-8(22-10-4-2-3-5-17-10)12(20)18-6-11-19-9(7-21-11)13(14,15)16/h2-5,7-8H,6H2,1H3,(H,18,20). The van der Waals surface area contributed by atoms with Crippen LogP contribution in [0, 0.1) is 0 Å². The van der Waals surface area contributed by atoms with Crippen molar-refractivity contribution in [1.29, 1.82) is 0 Å². The first-order chi connectivity index (χ1) is 10.4. The van der Waals surface area contributed by atoms with Crippen molar-refractivity contribution in [2.24, 2.45) is 0 Å². The van der Waals surface area contributed by atoms with Crippen molar-refractivity contribution in [2.45, 2.75) is 29.9 Å². The van der Waals surface area contributed by atoms with Crippen molar-refractivity contribution >= 4 is 29.0 Å². The van der Waals surface area contributed by atoms with Crippen LogP contribution >= 0.6 is 23.1 Å². The van der Waals surface area contributed by atoms with E-state index in [2.05, 4.69) is 15.3 Å². The van der Waals surface area contributed by atoms with E-state index >= 15 is 0 Å². The van der Waals surface area contributed by atoms with Crippen LogP contribution in [0.4, 0.5) is 13.2 Å². The van der Waals surface area contributed by atoms with E-state index in [1.54, 1.807) is 25.3 Å². The smallest absolute Gasteiger partial charge is 0.349 e. The molecule has 1 amide bonds. The zero-order valence-electron chi connectivity index (χ0n) is 11.4. The highest BCUT2D eigenvalue weighted by molar-refractivity contribution is 8.00. The zero-order chi connectivity index (χ0) is 16.2. The van der Waals surface area contributed by atoms with Crippen LogP contribution in [0.2, 0.25) is 0 Å². The van der Waals surface area contributed by atoms with Crippen molar-refractivity contribution < 1.29 is 18.0 Å². The molecule has 2 aromatic rings. The van der Waals surface area contributed by atoms with E-state index in [1.165, 1.54) is 11.8 Å². The number of aromatic nitrogens is 2. The molecular weight excluding hydrogens is 335 g/mol. The Morgan fingerprint density at radius 2 is 2.23 bits per heavy atom. The number of nitrogens with one attached hydrogen (secondary N) is 1. The lowest BCUT2D eigenvalue weighted by atomic mass is 10.4. The van der Waals surface area contributed by atoms with Gasteiger partial charge in [-0.2, -0.15) is 13.2 Å². The van der Waals surface area contributed by atoms with Gasteiger partial charge in [-0.1, -0.05) is 17.8 Å². The van der Waals surface area contributed by atoms with Gasteiger partial charge in [-0.25, -0.2) is 9.97 Å². The highest BCUT2D eigenvalue weighted by Crippen LogP contribution is 2.30. The minimum Gasteiger partial charge on any atom is -0.349 e. The summed E-state index contributed by atoms with van der Waals surface area (Å²) in [5, 5.41) is 4.03. The third-order valence-electron chi connectivity index (χ3n) is 2.56. The number of halogens is 3. The molecule has 0 aromatic carbocycles. The van der Waals surface area contributed by atoms with Crippen LogP contribution < -0.4 is 5.32 Å². The van der Waals surface area contributed by atoms with E-state index < -0.39 is 17.1 Å². The largest absolute Gasteiger partial charge is 0.434 e. The van der Waals surface area contributed by atoms with Crippen molar-refractivity contribution in [3.05, 3.63) is 40.5 Å². The Kier molecular flexibility index (Phi) is 5.41. The van der Waals surface area contributed by atoms with Gasteiger partial charge in [-0.15, -0.1) is 11.3 Å². The van der Waals surface area contributed by atoms with Crippen LogP contribution in [0.3, 0.4) is 0 Å². The molecule has 0 aliphatic heterocycles. The molecule has 0 fully saturated rings. The normalized spacial score (nSPS) is 12.9. The molecule has 0 saturated carbocycles. The number of amides is 1. The Morgan fingerprint density at radius 1 is 1.45 bits per heavy atom. The maximum atomic E-state index is 12.4. The molecule has 22 heavy (non-hydrogen) atoms. The van der Waals surface area contributed by atoms with Crippen LogP contribution in [0.5, 0.6) is 0 Å². The lowest BCUT2D eigenvalue weighted by Gasteiger charge is -2.10. The topological polar surface area (TPSA) is 54.9 Å². The van der Waals surface area contributed by atoms with Crippen LogP contribution in [0.15, 0.2) is 34.8 Å². The highest BCUT2D eigenvalue weighted by atomic mass is 32.2. The molecule has 0 aliphatic rings. The molecule has 1 atom stereocenters. The van der Waals surface area contributed by atoms with Gasteiger partial charge < -0.3 is 5.32 Å². The quantitative estimate of drug-likeness (QED) is 0.843. The zero-order valence-corrected chi connectivity index (χ0v) is 13.1. The van der Waals surface area contributed by atoms with Crippen LogP contribution in [-0.4, -0.2) is 21.1 Å². The monoisotopic (exact) mass is 347 g/mol. The Morgan fingerprint density at radius 3 is 2.82 bits per heavy atom. The molecule has 1 unspecified atom stereocenters. The number of hydrogen-bond acceptors (Lipinski definition) is 5. The minimum atomic E-state index is -4.46. The van der Waals surface area contributed by atoms with Crippen molar-refractivity contribution in [1.82, 2.24) is 15.3 Å². The molecule has 9 heteroatoms. The number of rotatable bonds is 5. The van der Waals surface area contributed by atoms with Gasteiger partial charge in [0.25, 0.3) is 0 Å². The molecule has 118 valence electrons. The molecule has 2 heterocycles. The first-order valence-electron chi connectivity index (χ1n) is 6.23. The van der Waals surface area contributed by atoms with Gasteiger partial charge in [0.05, 0.1) is 16.8 Å². The Bertz CT molecular complexity index is 631. The maximum Gasteiger partial charge on any atom is 0.434 e. The van der Waals surface area contributed by atoms with E-state index in [-0.39, 0.29) is 17.5 Å². The lowest BCUT2D eigenvalue weighted by Crippen LogP contribution is -2.30. The molecule has 1 N–H and O–H groups in total. The second kappa shape index (κ2) is 7.10. The fraction of sp³-hybridized carbons (Fsp3) is 0.308. The Labute approximate surface area is 133 Å². The van der Waals surface area contributed by atoms with Gasteiger partial charge in [0.15, 0.2) is 5.69 Å². The predicted octanol–water partition coefficient (Wildman–Crippen LogP) is 3.35. The van der Waals surface area contributed by atoms with Gasteiger partial charge in [0, 0.05) is 11.6 Å². The van der Waals surface area contributed by atoms with Gasteiger partial charge >= 0.3 is 6.18 Å². The van der Waals surface area contributed by atoms with Gasteiger partial charge in [-0.05, 0) is 19.1 Å². The molecule has 0 saturated heterocycles. The number of alkyl halides is 3. The van der Waals surface area contributed by atoms with E-state index in [4.69, 9.17) is 0 Å². The Hall–Kier alpha value is -1.61. The minimum absolute atomic E-state index is 0.0211. The number of thioether (sulfide) groups is 1. The summed E-state index contributed by atoms with van der Waals surface area (Å²) in [6.07, 6.45) is -2.83. The van der Waals surface area contributed by atoms with E-state index in [1.807, 2.05) is 6.07 Å². The van der Waals surface area contributed by atoms with Crippen molar-refractivity contribution in [3.8, 4) is 0 Å². The maximum absolute atomic E-state index is 12.4. The molecular formula is C13H12F3N3OS2. The van der Waals surface area contributed by atoms with E-state index in [0.29, 0.717) is 5.03 Å². The second-order valence-electron chi connectivity index (χ2n) is 4.27. The summed E-state index contributed by atoms with van der Waals surface area (Å²) in [4.78, 5) is 19.5. The van der Waals surface area contributed by atoms with Crippen LogP contribution in [0.1, 0.15) is 17.6 Å². The summed E-state index contributed by atoms with van der Waals surface area (Å²) in [5.74, 6) is -0.278. The lowest BCUT2D eigenvalue weighted by molar-refractivity contribution is -0.140. The molecule has 2 rings (SSSR count). The SMILES string of the molecule is CC(Sc1ccccn1)C(=O)NCc1nc(C(F)(F)F)cs1. The van der Waals surface area contributed by atoms with Gasteiger partial charge in [0.2, 0.25) is 5.91 Å². The molecule has 0 radical (unpaired) electrons. The molecule has 0 bridgehead atoms. The van der Waals surface area contributed by atoms with Gasteiger partial charge in [0.1, 0.15) is 5.01 Å². The van der Waals surface area contributed by atoms with E-state index in [0.717, 1.165) is 16.7 Å². The van der Waals surface area contributed by atoms with Gasteiger partial charge in [-0.3, -0.25) is 4.79 Å². The average Bonchev–Trinajstić information content (AvgIpc) is 2.94. The van der Waals surface area contributed by atoms with E-state index in [9.17, 15) is 18.0 Å². The molecule has 2 aromatic heterocycles. The molecule has 0 aliphatic carbocycles. The number of thiazole rings is 1. The number of hydrogen-bond donors (Lipinski definition) is 1. The number of carbonyl (C=O) groups is 1. The third kappa shape index (κ3) is 4.70. The summed E-state index contributed by atoms with van der Waals surface area (Å²) in [7, 11) is 0.